The van der Waals surface area contributed by atoms with Gasteiger partial charge in [0, 0.05) is 6.54 Å². The van der Waals surface area contributed by atoms with E-state index in [0.717, 1.165) is 12.4 Å². The zero-order valence-electron chi connectivity index (χ0n) is 10.7. The first kappa shape index (κ1) is 12.5. The summed E-state index contributed by atoms with van der Waals surface area (Å²) in [6, 6.07) is 0. The standard InChI is InChI=1S/C12H22N4O/c1-10(2)8-16-12(13-9-14-16)7-15-17-11-5-3-4-6-11/h9-11,15H,3-8H2,1-2H3. The molecule has 0 saturated heterocycles. The van der Waals surface area contributed by atoms with Gasteiger partial charge in [-0.25, -0.2) is 9.67 Å². The molecule has 1 fully saturated rings. The number of hydroxylamine groups is 1. The van der Waals surface area contributed by atoms with Gasteiger partial charge in [0.15, 0.2) is 0 Å². The molecule has 1 N–H and O–H groups in total. The van der Waals surface area contributed by atoms with Gasteiger partial charge in [0.25, 0.3) is 0 Å². The Morgan fingerprint density at radius 1 is 1.47 bits per heavy atom. The van der Waals surface area contributed by atoms with Crippen LogP contribution in [0.4, 0.5) is 0 Å². The van der Waals surface area contributed by atoms with Crippen molar-refractivity contribution in [2.75, 3.05) is 0 Å². The van der Waals surface area contributed by atoms with Crippen LogP contribution >= 0.6 is 0 Å². The minimum absolute atomic E-state index is 0.386. The van der Waals surface area contributed by atoms with Crippen molar-refractivity contribution in [2.24, 2.45) is 5.92 Å². The van der Waals surface area contributed by atoms with Crippen molar-refractivity contribution in [3.63, 3.8) is 0 Å². The van der Waals surface area contributed by atoms with E-state index in [0.29, 0.717) is 18.6 Å². The molecule has 0 bridgehead atoms. The van der Waals surface area contributed by atoms with Crippen molar-refractivity contribution >= 4 is 0 Å². The highest BCUT2D eigenvalue weighted by Crippen LogP contribution is 2.19. The first-order valence-electron chi connectivity index (χ1n) is 6.51. The van der Waals surface area contributed by atoms with Crippen LogP contribution in [0.25, 0.3) is 0 Å². The van der Waals surface area contributed by atoms with Gasteiger partial charge in [0.1, 0.15) is 12.2 Å². The fourth-order valence-electron chi connectivity index (χ4n) is 2.15. The van der Waals surface area contributed by atoms with Crippen molar-refractivity contribution in [3.05, 3.63) is 12.2 Å². The van der Waals surface area contributed by atoms with E-state index in [1.807, 2.05) is 4.68 Å². The van der Waals surface area contributed by atoms with Gasteiger partial charge in [-0.1, -0.05) is 26.7 Å². The van der Waals surface area contributed by atoms with Gasteiger partial charge in [-0.15, -0.1) is 0 Å². The van der Waals surface area contributed by atoms with Gasteiger partial charge in [-0.05, 0) is 18.8 Å². The summed E-state index contributed by atoms with van der Waals surface area (Å²) in [6.45, 7) is 5.88. The zero-order chi connectivity index (χ0) is 12.1. The molecule has 0 atom stereocenters. The molecular formula is C12H22N4O. The maximum absolute atomic E-state index is 5.61. The average molecular weight is 238 g/mol. The van der Waals surface area contributed by atoms with Crippen molar-refractivity contribution in [3.8, 4) is 0 Å². The van der Waals surface area contributed by atoms with E-state index >= 15 is 0 Å². The lowest BCUT2D eigenvalue weighted by atomic mass is 10.2. The van der Waals surface area contributed by atoms with E-state index in [-0.39, 0.29) is 0 Å². The lowest BCUT2D eigenvalue weighted by Crippen LogP contribution is -2.24. The van der Waals surface area contributed by atoms with E-state index in [4.69, 9.17) is 4.84 Å². The van der Waals surface area contributed by atoms with Crippen LogP contribution in [0.2, 0.25) is 0 Å². The van der Waals surface area contributed by atoms with Crippen molar-refractivity contribution in [1.29, 1.82) is 0 Å². The topological polar surface area (TPSA) is 52.0 Å². The lowest BCUT2D eigenvalue weighted by molar-refractivity contribution is -0.0260. The highest BCUT2D eigenvalue weighted by molar-refractivity contribution is 4.83. The Bertz CT molecular complexity index is 331. The van der Waals surface area contributed by atoms with Crippen LogP contribution in [0.1, 0.15) is 45.4 Å². The predicted octanol–water partition coefficient (Wildman–Crippen LogP) is 1.90. The summed E-state index contributed by atoms with van der Waals surface area (Å²) in [5.74, 6) is 1.52. The van der Waals surface area contributed by atoms with Crippen LogP contribution in [0.5, 0.6) is 0 Å². The number of aromatic nitrogens is 3. The molecule has 1 aliphatic carbocycles. The summed E-state index contributed by atoms with van der Waals surface area (Å²) in [5.41, 5.74) is 3.02. The van der Waals surface area contributed by atoms with Crippen molar-refractivity contribution in [1.82, 2.24) is 20.2 Å². The third kappa shape index (κ3) is 3.78. The van der Waals surface area contributed by atoms with E-state index in [2.05, 4.69) is 29.4 Å². The average Bonchev–Trinajstić information content (AvgIpc) is 2.90. The molecule has 1 aliphatic rings. The van der Waals surface area contributed by atoms with Crippen molar-refractivity contribution < 1.29 is 4.84 Å². The van der Waals surface area contributed by atoms with Crippen LogP contribution in [0, 0.1) is 5.92 Å². The van der Waals surface area contributed by atoms with Crippen LogP contribution in [-0.2, 0) is 17.9 Å². The minimum atomic E-state index is 0.386. The molecule has 1 aromatic heterocycles. The number of nitrogens with one attached hydrogen (secondary N) is 1. The Hall–Kier alpha value is -0.940. The number of nitrogens with zero attached hydrogens (tertiary/aromatic N) is 3. The third-order valence-electron chi connectivity index (χ3n) is 3.02. The van der Waals surface area contributed by atoms with Crippen molar-refractivity contribution in [2.45, 2.75) is 58.7 Å². The molecule has 1 saturated carbocycles. The normalized spacial score (nSPS) is 17.1. The Morgan fingerprint density at radius 3 is 2.94 bits per heavy atom. The Kier molecular flexibility index (Phi) is 4.50. The summed E-state index contributed by atoms with van der Waals surface area (Å²) in [6.07, 6.45) is 6.91. The summed E-state index contributed by atoms with van der Waals surface area (Å²) in [5, 5.41) is 4.22. The summed E-state index contributed by atoms with van der Waals surface area (Å²) in [7, 11) is 0. The molecule has 96 valence electrons. The molecular weight excluding hydrogens is 216 g/mol. The lowest BCUT2D eigenvalue weighted by Gasteiger charge is -2.12. The predicted molar refractivity (Wildman–Crippen MR) is 65.0 cm³/mol. The Morgan fingerprint density at radius 2 is 2.24 bits per heavy atom. The highest BCUT2D eigenvalue weighted by Gasteiger charge is 2.15. The molecule has 0 spiro atoms. The molecule has 1 heterocycles. The summed E-state index contributed by atoms with van der Waals surface area (Å²) >= 11 is 0. The molecule has 17 heavy (non-hydrogen) atoms. The molecule has 1 aromatic rings. The third-order valence-corrected chi connectivity index (χ3v) is 3.02. The van der Waals surface area contributed by atoms with Crippen LogP contribution in [0.3, 0.4) is 0 Å². The van der Waals surface area contributed by atoms with Gasteiger partial charge in [0.2, 0.25) is 0 Å². The highest BCUT2D eigenvalue weighted by atomic mass is 16.7. The SMILES string of the molecule is CC(C)Cn1ncnc1CNOC1CCCC1. The van der Waals surface area contributed by atoms with E-state index in [1.165, 1.54) is 25.7 Å². The maximum atomic E-state index is 5.61. The van der Waals surface area contributed by atoms with Crippen LogP contribution in [-0.4, -0.2) is 20.9 Å². The Balaban J connectivity index is 1.75. The molecule has 0 radical (unpaired) electrons. The van der Waals surface area contributed by atoms with Gasteiger partial charge in [-0.2, -0.15) is 10.6 Å². The zero-order valence-corrected chi connectivity index (χ0v) is 10.7. The number of rotatable bonds is 6. The van der Waals surface area contributed by atoms with Gasteiger partial charge >= 0.3 is 0 Å². The number of hydrogen-bond donors (Lipinski definition) is 1. The maximum Gasteiger partial charge on any atom is 0.143 e. The minimum Gasteiger partial charge on any atom is -0.298 e. The summed E-state index contributed by atoms with van der Waals surface area (Å²) < 4.78 is 1.94. The molecule has 0 aromatic carbocycles. The number of hydrogen-bond acceptors (Lipinski definition) is 4. The van der Waals surface area contributed by atoms with E-state index in [1.54, 1.807) is 6.33 Å². The molecule has 0 amide bonds. The van der Waals surface area contributed by atoms with Crippen LogP contribution < -0.4 is 5.48 Å². The van der Waals surface area contributed by atoms with E-state index in [9.17, 15) is 0 Å². The quantitative estimate of drug-likeness (QED) is 0.769. The monoisotopic (exact) mass is 238 g/mol. The van der Waals surface area contributed by atoms with Gasteiger partial charge < -0.3 is 0 Å². The molecule has 0 unspecified atom stereocenters. The van der Waals surface area contributed by atoms with Gasteiger partial charge in [-0.3, -0.25) is 4.84 Å². The fraction of sp³-hybridized carbons (Fsp3) is 0.833. The largest absolute Gasteiger partial charge is 0.298 e. The molecule has 2 rings (SSSR count). The molecule has 5 nitrogen and oxygen atoms in total. The second kappa shape index (κ2) is 6.12. The first-order chi connectivity index (χ1) is 8.25. The van der Waals surface area contributed by atoms with Crippen LogP contribution in [0.15, 0.2) is 6.33 Å². The first-order valence-corrected chi connectivity index (χ1v) is 6.51. The smallest absolute Gasteiger partial charge is 0.143 e. The Labute approximate surface area is 103 Å². The molecule has 5 heteroatoms. The second-order valence-electron chi connectivity index (χ2n) is 5.10. The second-order valence-corrected chi connectivity index (χ2v) is 5.10. The van der Waals surface area contributed by atoms with E-state index < -0.39 is 0 Å². The molecule has 0 aliphatic heterocycles. The fourth-order valence-corrected chi connectivity index (χ4v) is 2.15. The van der Waals surface area contributed by atoms with Gasteiger partial charge in [0.05, 0.1) is 12.6 Å². The summed E-state index contributed by atoms with van der Waals surface area (Å²) in [4.78, 5) is 9.85.